The highest BCUT2D eigenvalue weighted by molar-refractivity contribution is 5.54. The summed E-state index contributed by atoms with van der Waals surface area (Å²) in [5.74, 6) is -1.52. The van der Waals surface area contributed by atoms with Gasteiger partial charge in [0.2, 0.25) is 5.82 Å². The van der Waals surface area contributed by atoms with Crippen molar-refractivity contribution in [2.45, 2.75) is 12.8 Å². The van der Waals surface area contributed by atoms with Crippen LogP contribution in [-0.4, -0.2) is 30.3 Å². The number of aromatic nitrogens is 6. The summed E-state index contributed by atoms with van der Waals surface area (Å²) >= 11 is 0. The Hall–Kier alpha value is -2.98. The van der Waals surface area contributed by atoms with E-state index in [2.05, 4.69) is 30.2 Å². The van der Waals surface area contributed by atoms with Crippen molar-refractivity contribution in [1.82, 2.24) is 30.3 Å². The first kappa shape index (κ1) is 14.9. The Morgan fingerprint density at radius 2 is 1.96 bits per heavy atom. The molecular formula is C12H9F3N6O2. The van der Waals surface area contributed by atoms with Gasteiger partial charge in [-0.1, -0.05) is 34.5 Å². The van der Waals surface area contributed by atoms with E-state index < -0.39 is 12.1 Å². The van der Waals surface area contributed by atoms with Gasteiger partial charge in [-0.3, -0.25) is 0 Å². The van der Waals surface area contributed by atoms with Gasteiger partial charge in [0.05, 0.1) is 0 Å². The number of alkyl halides is 3. The van der Waals surface area contributed by atoms with Crippen LogP contribution in [0.15, 0.2) is 28.8 Å². The van der Waals surface area contributed by atoms with Gasteiger partial charge < -0.3 is 9.26 Å². The zero-order valence-electron chi connectivity index (χ0n) is 11.7. The molecular weight excluding hydrogens is 317 g/mol. The van der Waals surface area contributed by atoms with E-state index in [1.54, 1.807) is 31.3 Å². The van der Waals surface area contributed by atoms with Crippen molar-refractivity contribution < 1.29 is 22.4 Å². The number of nitrogens with zero attached hydrogens (tertiary/aromatic N) is 6. The molecule has 120 valence electrons. The quantitative estimate of drug-likeness (QED) is 0.722. The Morgan fingerprint density at radius 3 is 2.52 bits per heavy atom. The SMILES string of the molecule is Cn1nnnc1OCc1ccc(-c2noc(C(F)(F)F)n2)cc1. The minimum absolute atomic E-state index is 0.137. The molecule has 8 nitrogen and oxygen atoms in total. The van der Waals surface area contributed by atoms with E-state index in [-0.39, 0.29) is 18.4 Å². The Labute approximate surface area is 126 Å². The average Bonchev–Trinajstić information content (AvgIpc) is 3.14. The molecule has 2 aromatic heterocycles. The largest absolute Gasteiger partial charge is 0.471 e. The number of aryl methyl sites for hydroxylation is 1. The fourth-order valence-electron chi connectivity index (χ4n) is 1.70. The van der Waals surface area contributed by atoms with Gasteiger partial charge >= 0.3 is 18.1 Å². The highest BCUT2D eigenvalue weighted by Gasteiger charge is 2.38. The number of hydrogen-bond donors (Lipinski definition) is 0. The molecule has 0 spiro atoms. The summed E-state index contributed by atoms with van der Waals surface area (Å²) in [4.78, 5) is 3.32. The number of halogens is 3. The molecule has 3 aromatic rings. The molecule has 0 radical (unpaired) electrons. The molecule has 0 aliphatic heterocycles. The predicted molar refractivity (Wildman–Crippen MR) is 67.9 cm³/mol. The highest BCUT2D eigenvalue weighted by atomic mass is 19.4. The van der Waals surface area contributed by atoms with Crippen LogP contribution in [0.5, 0.6) is 6.01 Å². The maximum Gasteiger partial charge on any atom is 0.471 e. The maximum absolute atomic E-state index is 12.4. The third-order valence-corrected chi connectivity index (χ3v) is 2.83. The molecule has 0 saturated carbocycles. The molecule has 0 N–H and O–H groups in total. The summed E-state index contributed by atoms with van der Waals surface area (Å²) in [6, 6.07) is 6.73. The van der Waals surface area contributed by atoms with Crippen LogP contribution in [0.3, 0.4) is 0 Å². The van der Waals surface area contributed by atoms with Gasteiger partial charge in [0.25, 0.3) is 0 Å². The van der Waals surface area contributed by atoms with Crippen molar-refractivity contribution in [2.75, 3.05) is 0 Å². The summed E-state index contributed by atoms with van der Waals surface area (Å²) in [5, 5.41) is 14.0. The van der Waals surface area contributed by atoms with Crippen LogP contribution >= 0.6 is 0 Å². The molecule has 23 heavy (non-hydrogen) atoms. The normalized spacial score (nSPS) is 11.7. The van der Waals surface area contributed by atoms with Crippen LogP contribution in [0.1, 0.15) is 11.5 Å². The molecule has 0 unspecified atom stereocenters. The lowest BCUT2D eigenvalue weighted by atomic mass is 10.1. The van der Waals surface area contributed by atoms with Gasteiger partial charge in [0, 0.05) is 12.6 Å². The van der Waals surface area contributed by atoms with Crippen LogP contribution < -0.4 is 4.74 Å². The number of rotatable bonds is 4. The van der Waals surface area contributed by atoms with Crippen LogP contribution in [0.2, 0.25) is 0 Å². The molecule has 1 aromatic carbocycles. The fourth-order valence-corrected chi connectivity index (χ4v) is 1.70. The van der Waals surface area contributed by atoms with Crippen molar-refractivity contribution in [2.24, 2.45) is 7.05 Å². The fraction of sp³-hybridized carbons (Fsp3) is 0.250. The minimum atomic E-state index is -4.66. The number of benzene rings is 1. The zero-order valence-corrected chi connectivity index (χ0v) is 11.7. The lowest BCUT2D eigenvalue weighted by Gasteiger charge is -2.04. The monoisotopic (exact) mass is 326 g/mol. The van der Waals surface area contributed by atoms with E-state index in [1.807, 2.05) is 0 Å². The van der Waals surface area contributed by atoms with Crippen LogP contribution in [-0.2, 0) is 19.8 Å². The molecule has 0 saturated heterocycles. The summed E-state index contributed by atoms with van der Waals surface area (Å²) in [6.45, 7) is 0.203. The second kappa shape index (κ2) is 5.66. The van der Waals surface area contributed by atoms with Gasteiger partial charge in [-0.05, 0) is 16.0 Å². The highest BCUT2D eigenvalue weighted by Crippen LogP contribution is 2.29. The number of ether oxygens (including phenoxy) is 1. The molecule has 11 heteroatoms. The number of hydrogen-bond acceptors (Lipinski definition) is 7. The van der Waals surface area contributed by atoms with Crippen molar-refractivity contribution in [3.05, 3.63) is 35.7 Å². The molecule has 2 heterocycles. The van der Waals surface area contributed by atoms with Crippen LogP contribution in [0, 0.1) is 0 Å². The first-order valence-corrected chi connectivity index (χ1v) is 6.29. The second-order valence-corrected chi connectivity index (χ2v) is 4.49. The Bertz CT molecular complexity index is 796. The van der Waals surface area contributed by atoms with Crippen molar-refractivity contribution in [3.63, 3.8) is 0 Å². The van der Waals surface area contributed by atoms with Gasteiger partial charge in [0.15, 0.2) is 0 Å². The third kappa shape index (κ3) is 3.27. The third-order valence-electron chi connectivity index (χ3n) is 2.83. The molecule has 0 amide bonds. The summed E-state index contributed by atoms with van der Waals surface area (Å²) in [5.41, 5.74) is 1.17. The maximum atomic E-state index is 12.4. The molecule has 0 bridgehead atoms. The smallest absolute Gasteiger partial charge is 0.458 e. The second-order valence-electron chi connectivity index (χ2n) is 4.49. The van der Waals surface area contributed by atoms with Crippen LogP contribution in [0.25, 0.3) is 11.4 Å². The van der Waals surface area contributed by atoms with Gasteiger partial charge in [0.1, 0.15) is 6.61 Å². The van der Waals surface area contributed by atoms with Gasteiger partial charge in [-0.2, -0.15) is 22.8 Å². The summed E-state index contributed by atoms with van der Waals surface area (Å²) < 4.78 is 48.2. The summed E-state index contributed by atoms with van der Waals surface area (Å²) in [6.07, 6.45) is -4.66. The Balaban J connectivity index is 1.69. The topological polar surface area (TPSA) is 91.8 Å². The Kier molecular flexibility index (Phi) is 3.68. The van der Waals surface area contributed by atoms with E-state index >= 15 is 0 Å². The minimum Gasteiger partial charge on any atom is -0.458 e. The molecule has 0 aliphatic carbocycles. The van der Waals surface area contributed by atoms with Gasteiger partial charge in [-0.15, -0.1) is 0 Å². The van der Waals surface area contributed by atoms with Crippen molar-refractivity contribution in [3.8, 4) is 17.4 Å². The molecule has 0 aliphatic rings. The predicted octanol–water partition coefficient (Wildman–Crippen LogP) is 1.86. The Morgan fingerprint density at radius 1 is 1.22 bits per heavy atom. The van der Waals surface area contributed by atoms with Gasteiger partial charge in [-0.25, -0.2) is 0 Å². The van der Waals surface area contributed by atoms with Crippen molar-refractivity contribution in [1.29, 1.82) is 0 Å². The molecule has 0 atom stereocenters. The lowest BCUT2D eigenvalue weighted by Crippen LogP contribution is -2.04. The van der Waals surface area contributed by atoms with E-state index in [9.17, 15) is 13.2 Å². The first-order chi connectivity index (χ1) is 10.9. The average molecular weight is 326 g/mol. The number of tetrazole rings is 1. The lowest BCUT2D eigenvalue weighted by molar-refractivity contribution is -0.159. The molecule has 0 fully saturated rings. The van der Waals surface area contributed by atoms with Crippen molar-refractivity contribution >= 4 is 0 Å². The molecule has 3 rings (SSSR count). The van der Waals surface area contributed by atoms with Crippen LogP contribution in [0.4, 0.5) is 13.2 Å². The zero-order chi connectivity index (χ0) is 16.4. The summed E-state index contributed by atoms with van der Waals surface area (Å²) in [7, 11) is 1.63. The first-order valence-electron chi connectivity index (χ1n) is 6.29. The van der Waals surface area contributed by atoms with E-state index in [0.717, 1.165) is 5.56 Å². The van der Waals surface area contributed by atoms with E-state index in [0.29, 0.717) is 5.56 Å². The van der Waals surface area contributed by atoms with E-state index in [1.165, 1.54) is 4.68 Å². The standard InChI is InChI=1S/C12H9F3N6O2/c1-21-11(17-19-20-21)22-6-7-2-4-8(5-3-7)9-16-10(23-18-9)12(13,14)15/h2-5H,6H2,1H3. The van der Waals surface area contributed by atoms with E-state index in [4.69, 9.17) is 4.74 Å².